The fraction of sp³-hybridized carbons (Fsp3) is 0.611. The van der Waals surface area contributed by atoms with E-state index < -0.39 is 0 Å². The van der Waals surface area contributed by atoms with E-state index in [1.54, 1.807) is 0 Å². The van der Waals surface area contributed by atoms with Gasteiger partial charge in [-0.05, 0) is 18.4 Å². The second kappa shape index (κ2) is 6.01. The minimum absolute atomic E-state index is 0.139. The zero-order valence-corrected chi connectivity index (χ0v) is 13.0. The SMILES string of the molecule is c1ccc(C2=NO[C@H](CN3CCOC4(CCCC4)C3)C2)cc1. The molecule has 0 aromatic heterocycles. The molecule has 118 valence electrons. The van der Waals surface area contributed by atoms with Crippen molar-refractivity contribution in [2.75, 3.05) is 26.2 Å². The van der Waals surface area contributed by atoms with E-state index in [9.17, 15) is 0 Å². The summed E-state index contributed by atoms with van der Waals surface area (Å²) in [5, 5.41) is 4.30. The minimum atomic E-state index is 0.139. The molecule has 1 spiro atoms. The highest BCUT2D eigenvalue weighted by Crippen LogP contribution is 2.36. The van der Waals surface area contributed by atoms with E-state index in [1.807, 2.05) is 6.07 Å². The molecule has 0 amide bonds. The number of morpholine rings is 1. The van der Waals surface area contributed by atoms with Crippen LogP contribution in [0, 0.1) is 0 Å². The van der Waals surface area contributed by atoms with Crippen LogP contribution in [-0.2, 0) is 9.57 Å². The Morgan fingerprint density at radius 1 is 1.18 bits per heavy atom. The highest BCUT2D eigenvalue weighted by molar-refractivity contribution is 6.01. The van der Waals surface area contributed by atoms with E-state index in [-0.39, 0.29) is 11.7 Å². The molecule has 1 aliphatic carbocycles. The topological polar surface area (TPSA) is 34.1 Å². The molecule has 1 aromatic carbocycles. The summed E-state index contributed by atoms with van der Waals surface area (Å²) in [7, 11) is 0. The smallest absolute Gasteiger partial charge is 0.145 e. The Hall–Kier alpha value is -1.39. The lowest BCUT2D eigenvalue weighted by atomic mass is 9.99. The summed E-state index contributed by atoms with van der Waals surface area (Å²) in [6.45, 7) is 3.90. The molecule has 0 radical (unpaired) electrons. The maximum Gasteiger partial charge on any atom is 0.145 e. The molecule has 3 aliphatic rings. The summed E-state index contributed by atoms with van der Waals surface area (Å²) in [4.78, 5) is 8.20. The van der Waals surface area contributed by atoms with Gasteiger partial charge in [0, 0.05) is 26.1 Å². The second-order valence-electron chi connectivity index (χ2n) is 6.81. The number of rotatable bonds is 3. The Bertz CT molecular complexity index is 537. The van der Waals surface area contributed by atoms with Gasteiger partial charge in [0.05, 0.1) is 17.9 Å². The van der Waals surface area contributed by atoms with Crippen molar-refractivity contribution < 1.29 is 9.57 Å². The maximum atomic E-state index is 6.10. The van der Waals surface area contributed by atoms with E-state index in [0.717, 1.165) is 38.4 Å². The molecular formula is C18H24N2O2. The standard InChI is InChI=1S/C18H24N2O2/c1-2-6-15(7-3-1)17-12-16(22-19-17)13-20-10-11-21-18(14-20)8-4-5-9-18/h1-3,6-7,16H,4-5,8-14H2/t16-/m0/s1. The largest absolute Gasteiger partial charge is 0.390 e. The molecule has 1 atom stereocenters. The molecule has 0 bridgehead atoms. The highest BCUT2D eigenvalue weighted by Gasteiger charge is 2.40. The van der Waals surface area contributed by atoms with Gasteiger partial charge in [0.1, 0.15) is 6.10 Å². The number of hydrogen-bond donors (Lipinski definition) is 0. The van der Waals surface area contributed by atoms with Crippen molar-refractivity contribution in [3.05, 3.63) is 35.9 Å². The van der Waals surface area contributed by atoms with Crippen LogP contribution in [0.25, 0.3) is 0 Å². The van der Waals surface area contributed by atoms with Gasteiger partial charge in [-0.1, -0.05) is 48.3 Å². The first-order valence-electron chi connectivity index (χ1n) is 8.47. The first kappa shape index (κ1) is 14.2. The summed E-state index contributed by atoms with van der Waals surface area (Å²) in [5.41, 5.74) is 2.40. The van der Waals surface area contributed by atoms with Crippen molar-refractivity contribution in [1.29, 1.82) is 0 Å². The number of ether oxygens (including phenoxy) is 1. The summed E-state index contributed by atoms with van der Waals surface area (Å²) in [5.74, 6) is 0. The molecule has 1 aromatic rings. The minimum Gasteiger partial charge on any atom is -0.390 e. The summed E-state index contributed by atoms with van der Waals surface area (Å²) >= 11 is 0. The molecule has 22 heavy (non-hydrogen) atoms. The average Bonchev–Trinajstić information content (AvgIpc) is 3.19. The van der Waals surface area contributed by atoms with E-state index in [2.05, 4.69) is 34.3 Å². The van der Waals surface area contributed by atoms with Crippen molar-refractivity contribution in [3.63, 3.8) is 0 Å². The Labute approximate surface area is 132 Å². The van der Waals surface area contributed by atoms with E-state index in [1.165, 1.54) is 31.2 Å². The number of nitrogens with zero attached hydrogens (tertiary/aromatic N) is 2. The molecule has 4 rings (SSSR count). The Balaban J connectivity index is 1.33. The predicted molar refractivity (Wildman–Crippen MR) is 86.1 cm³/mol. The van der Waals surface area contributed by atoms with Gasteiger partial charge in [0.15, 0.2) is 0 Å². The van der Waals surface area contributed by atoms with Crippen molar-refractivity contribution in [3.8, 4) is 0 Å². The van der Waals surface area contributed by atoms with Crippen LogP contribution in [0.2, 0.25) is 0 Å². The molecule has 0 N–H and O–H groups in total. The van der Waals surface area contributed by atoms with Crippen LogP contribution < -0.4 is 0 Å². The van der Waals surface area contributed by atoms with Crippen LogP contribution in [0.3, 0.4) is 0 Å². The molecule has 2 fully saturated rings. The van der Waals surface area contributed by atoms with Gasteiger partial charge in [-0.15, -0.1) is 0 Å². The Kier molecular flexibility index (Phi) is 3.89. The first-order chi connectivity index (χ1) is 10.8. The quantitative estimate of drug-likeness (QED) is 0.861. The molecule has 2 heterocycles. The molecule has 4 nitrogen and oxygen atoms in total. The average molecular weight is 300 g/mol. The van der Waals surface area contributed by atoms with Crippen molar-refractivity contribution >= 4 is 5.71 Å². The van der Waals surface area contributed by atoms with E-state index >= 15 is 0 Å². The van der Waals surface area contributed by atoms with Gasteiger partial charge in [-0.25, -0.2) is 0 Å². The van der Waals surface area contributed by atoms with Crippen LogP contribution in [0.15, 0.2) is 35.5 Å². The number of oxime groups is 1. The first-order valence-corrected chi connectivity index (χ1v) is 8.47. The molecule has 2 aliphatic heterocycles. The summed E-state index contributed by atoms with van der Waals surface area (Å²) in [6.07, 6.45) is 6.17. The van der Waals surface area contributed by atoms with Gasteiger partial charge < -0.3 is 9.57 Å². The fourth-order valence-corrected chi connectivity index (χ4v) is 4.02. The third-order valence-corrected chi connectivity index (χ3v) is 5.14. The van der Waals surface area contributed by atoms with Crippen molar-refractivity contribution in [2.24, 2.45) is 5.16 Å². The summed E-state index contributed by atoms with van der Waals surface area (Å²) < 4.78 is 6.10. The lowest BCUT2D eigenvalue weighted by Gasteiger charge is -2.41. The third kappa shape index (κ3) is 2.90. The van der Waals surface area contributed by atoms with Gasteiger partial charge in [-0.3, -0.25) is 4.90 Å². The lowest BCUT2D eigenvalue weighted by Crippen LogP contribution is -2.52. The van der Waals surface area contributed by atoms with E-state index in [4.69, 9.17) is 9.57 Å². The van der Waals surface area contributed by atoms with Crippen LogP contribution in [0.1, 0.15) is 37.7 Å². The molecule has 1 saturated heterocycles. The monoisotopic (exact) mass is 300 g/mol. The third-order valence-electron chi connectivity index (χ3n) is 5.14. The van der Waals surface area contributed by atoms with Crippen molar-refractivity contribution in [2.45, 2.75) is 43.8 Å². The van der Waals surface area contributed by atoms with Crippen LogP contribution in [0.5, 0.6) is 0 Å². The maximum absolute atomic E-state index is 6.10. The Morgan fingerprint density at radius 2 is 2.00 bits per heavy atom. The van der Waals surface area contributed by atoms with Gasteiger partial charge in [-0.2, -0.15) is 0 Å². The molecule has 0 unspecified atom stereocenters. The predicted octanol–water partition coefficient (Wildman–Crippen LogP) is 2.82. The van der Waals surface area contributed by atoms with Gasteiger partial charge >= 0.3 is 0 Å². The van der Waals surface area contributed by atoms with Gasteiger partial charge in [0.2, 0.25) is 0 Å². The molecule has 1 saturated carbocycles. The van der Waals surface area contributed by atoms with Crippen LogP contribution in [-0.4, -0.2) is 48.6 Å². The normalized spacial score (nSPS) is 27.8. The van der Waals surface area contributed by atoms with E-state index in [0.29, 0.717) is 0 Å². The van der Waals surface area contributed by atoms with Crippen LogP contribution >= 0.6 is 0 Å². The van der Waals surface area contributed by atoms with Crippen molar-refractivity contribution in [1.82, 2.24) is 4.90 Å². The number of benzene rings is 1. The Morgan fingerprint density at radius 3 is 2.82 bits per heavy atom. The lowest BCUT2D eigenvalue weighted by molar-refractivity contribution is -0.112. The zero-order valence-electron chi connectivity index (χ0n) is 13.0. The number of hydrogen-bond acceptors (Lipinski definition) is 4. The van der Waals surface area contributed by atoms with Gasteiger partial charge in [0.25, 0.3) is 0 Å². The molecule has 4 heteroatoms. The van der Waals surface area contributed by atoms with Crippen LogP contribution in [0.4, 0.5) is 0 Å². The highest BCUT2D eigenvalue weighted by atomic mass is 16.6. The summed E-state index contributed by atoms with van der Waals surface area (Å²) in [6, 6.07) is 10.3. The fourth-order valence-electron chi connectivity index (χ4n) is 4.02. The zero-order chi connectivity index (χ0) is 14.8. The molecular weight excluding hydrogens is 276 g/mol. The second-order valence-corrected chi connectivity index (χ2v) is 6.81.